The summed E-state index contributed by atoms with van der Waals surface area (Å²) in [6.45, 7) is 2.21. The molecule has 0 aromatic heterocycles. The zero-order valence-corrected chi connectivity index (χ0v) is 14.5. The largest absolute Gasteiger partial charge is 0.466 e. The van der Waals surface area contributed by atoms with Gasteiger partial charge in [0.15, 0.2) is 0 Å². The molecule has 2 rings (SSSR count). The molecule has 1 saturated carbocycles. The first-order valence-electron chi connectivity index (χ1n) is 8.00. The van der Waals surface area contributed by atoms with Crippen molar-refractivity contribution >= 4 is 16.1 Å². The van der Waals surface area contributed by atoms with Crippen molar-refractivity contribution < 1.29 is 22.1 Å². The Labute approximate surface area is 138 Å². The summed E-state index contributed by atoms with van der Waals surface area (Å²) >= 11 is 0. The van der Waals surface area contributed by atoms with Crippen molar-refractivity contribution in [2.24, 2.45) is 0 Å². The number of hydrogen-bond acceptors (Lipinski definition) is 5. The van der Waals surface area contributed by atoms with Crippen LogP contribution in [0.15, 0.2) is 24.3 Å². The number of carbonyl (C=O) groups excluding carboxylic acids is 1. The zero-order chi connectivity index (χ0) is 16.9. The summed E-state index contributed by atoms with van der Waals surface area (Å²) in [7, 11) is -3.38. The second kappa shape index (κ2) is 7.93. The minimum atomic E-state index is -3.38. The second-order valence-corrected chi connectivity index (χ2v) is 7.58. The van der Waals surface area contributed by atoms with E-state index in [2.05, 4.69) is 12.1 Å². The van der Waals surface area contributed by atoms with E-state index in [4.69, 9.17) is 8.92 Å². The summed E-state index contributed by atoms with van der Waals surface area (Å²) in [5, 5.41) is 0. The lowest BCUT2D eigenvalue weighted by Crippen LogP contribution is -2.14. The second-order valence-electron chi connectivity index (χ2n) is 5.98. The Bertz CT molecular complexity index is 621. The molecule has 0 heterocycles. The van der Waals surface area contributed by atoms with Crippen LogP contribution < -0.4 is 0 Å². The third-order valence-corrected chi connectivity index (χ3v) is 4.69. The summed E-state index contributed by atoms with van der Waals surface area (Å²) in [6, 6.07) is 8.18. The molecule has 5 nitrogen and oxygen atoms in total. The molecule has 1 aromatic rings. The molecule has 2 atom stereocenters. The van der Waals surface area contributed by atoms with Crippen molar-refractivity contribution in [1.82, 2.24) is 0 Å². The van der Waals surface area contributed by atoms with Crippen LogP contribution in [0, 0.1) is 0 Å². The van der Waals surface area contributed by atoms with E-state index in [1.807, 2.05) is 12.1 Å². The monoisotopic (exact) mass is 340 g/mol. The predicted octanol–water partition coefficient (Wildman–Crippen LogP) is 2.79. The van der Waals surface area contributed by atoms with E-state index in [1.54, 1.807) is 6.92 Å². The highest BCUT2D eigenvalue weighted by Gasteiger charge is 2.28. The topological polar surface area (TPSA) is 69.7 Å². The quantitative estimate of drug-likeness (QED) is 0.564. The fraction of sp³-hybridized carbons (Fsp3) is 0.588. The van der Waals surface area contributed by atoms with Crippen molar-refractivity contribution in [3.63, 3.8) is 0 Å². The van der Waals surface area contributed by atoms with E-state index < -0.39 is 10.1 Å². The minimum Gasteiger partial charge on any atom is -0.466 e. The predicted molar refractivity (Wildman–Crippen MR) is 87.7 cm³/mol. The molecule has 1 aliphatic rings. The van der Waals surface area contributed by atoms with Gasteiger partial charge in [-0.2, -0.15) is 8.42 Å². The highest BCUT2D eigenvalue weighted by Crippen LogP contribution is 2.36. The van der Waals surface area contributed by atoms with E-state index in [0.717, 1.165) is 31.1 Å². The first kappa shape index (κ1) is 17.9. The van der Waals surface area contributed by atoms with Crippen LogP contribution in [0.25, 0.3) is 0 Å². The molecule has 6 heteroatoms. The highest BCUT2D eigenvalue weighted by molar-refractivity contribution is 7.86. The maximum atomic E-state index is 11.4. The Kier molecular flexibility index (Phi) is 6.18. The fourth-order valence-electron chi connectivity index (χ4n) is 3.01. The molecule has 0 spiro atoms. The number of carbonyl (C=O) groups is 1. The van der Waals surface area contributed by atoms with Crippen LogP contribution in [0.3, 0.4) is 0 Å². The first-order chi connectivity index (χ1) is 10.9. The lowest BCUT2D eigenvalue weighted by molar-refractivity contribution is -0.143. The van der Waals surface area contributed by atoms with Gasteiger partial charge in [0.05, 0.1) is 19.0 Å². The summed E-state index contributed by atoms with van der Waals surface area (Å²) in [5.41, 5.74) is 2.30. The Morgan fingerprint density at radius 1 is 1.22 bits per heavy atom. The number of esters is 1. The summed E-state index contributed by atoms with van der Waals surface area (Å²) in [4.78, 5) is 11.4. The SMILES string of the molecule is CCOC(=O)CCc1ccc([C@H]2CC[C@@H](OS(C)(=O)=O)C2)cc1. The van der Waals surface area contributed by atoms with Gasteiger partial charge in [0, 0.05) is 6.42 Å². The van der Waals surface area contributed by atoms with E-state index in [1.165, 1.54) is 5.56 Å². The molecule has 1 fully saturated rings. The van der Waals surface area contributed by atoms with Gasteiger partial charge in [0.2, 0.25) is 0 Å². The summed E-state index contributed by atoms with van der Waals surface area (Å²) in [5.74, 6) is 0.161. The summed E-state index contributed by atoms with van der Waals surface area (Å²) < 4.78 is 32.4. The van der Waals surface area contributed by atoms with Crippen LogP contribution in [-0.2, 0) is 30.3 Å². The van der Waals surface area contributed by atoms with Gasteiger partial charge < -0.3 is 4.74 Å². The van der Waals surface area contributed by atoms with Crippen molar-refractivity contribution in [1.29, 1.82) is 0 Å². The molecule has 0 radical (unpaired) electrons. The van der Waals surface area contributed by atoms with Crippen LogP contribution in [0.2, 0.25) is 0 Å². The molecule has 0 aliphatic heterocycles. The Morgan fingerprint density at radius 3 is 2.52 bits per heavy atom. The average molecular weight is 340 g/mol. The third kappa shape index (κ3) is 5.95. The maximum absolute atomic E-state index is 11.4. The molecule has 0 unspecified atom stereocenters. The average Bonchev–Trinajstić information content (AvgIpc) is 2.92. The highest BCUT2D eigenvalue weighted by atomic mass is 32.2. The minimum absolute atomic E-state index is 0.173. The molecule has 0 N–H and O–H groups in total. The number of hydrogen-bond donors (Lipinski definition) is 0. The molecule has 23 heavy (non-hydrogen) atoms. The van der Waals surface area contributed by atoms with Gasteiger partial charge in [-0.05, 0) is 49.7 Å². The van der Waals surface area contributed by atoms with Gasteiger partial charge in [-0.15, -0.1) is 0 Å². The van der Waals surface area contributed by atoms with Crippen LogP contribution >= 0.6 is 0 Å². The van der Waals surface area contributed by atoms with Crippen molar-refractivity contribution in [2.75, 3.05) is 12.9 Å². The first-order valence-corrected chi connectivity index (χ1v) is 9.81. The van der Waals surface area contributed by atoms with Crippen molar-refractivity contribution in [2.45, 2.75) is 51.0 Å². The smallest absolute Gasteiger partial charge is 0.306 e. The van der Waals surface area contributed by atoms with Crippen LogP contribution in [-0.4, -0.2) is 33.4 Å². The molecule has 0 amide bonds. The van der Waals surface area contributed by atoms with E-state index in [9.17, 15) is 13.2 Å². The van der Waals surface area contributed by atoms with Crippen molar-refractivity contribution in [3.05, 3.63) is 35.4 Å². The molecule has 128 valence electrons. The molecule has 0 saturated heterocycles. The van der Waals surface area contributed by atoms with E-state index in [-0.39, 0.29) is 12.1 Å². The van der Waals surface area contributed by atoms with Crippen LogP contribution in [0.5, 0.6) is 0 Å². The molecular formula is C17H24O5S. The lowest BCUT2D eigenvalue weighted by Gasteiger charge is -2.12. The zero-order valence-electron chi connectivity index (χ0n) is 13.7. The lowest BCUT2D eigenvalue weighted by atomic mass is 9.96. The summed E-state index contributed by atoms with van der Waals surface area (Å²) in [6.07, 6.45) is 4.38. The Hall–Kier alpha value is -1.40. The molecular weight excluding hydrogens is 316 g/mol. The number of rotatable bonds is 7. The van der Waals surface area contributed by atoms with Gasteiger partial charge >= 0.3 is 5.97 Å². The van der Waals surface area contributed by atoms with E-state index >= 15 is 0 Å². The van der Waals surface area contributed by atoms with E-state index in [0.29, 0.717) is 25.4 Å². The Morgan fingerprint density at radius 2 is 1.91 bits per heavy atom. The number of benzene rings is 1. The van der Waals surface area contributed by atoms with Gasteiger partial charge in [-0.25, -0.2) is 0 Å². The van der Waals surface area contributed by atoms with Gasteiger partial charge in [-0.3, -0.25) is 8.98 Å². The molecule has 1 aliphatic carbocycles. The van der Waals surface area contributed by atoms with Crippen molar-refractivity contribution in [3.8, 4) is 0 Å². The van der Waals surface area contributed by atoms with Gasteiger partial charge in [0.1, 0.15) is 0 Å². The third-order valence-electron chi connectivity index (χ3n) is 4.07. The molecule has 0 bridgehead atoms. The van der Waals surface area contributed by atoms with Gasteiger partial charge in [-0.1, -0.05) is 24.3 Å². The van der Waals surface area contributed by atoms with Crippen LogP contribution in [0.4, 0.5) is 0 Å². The standard InChI is InChI=1S/C17H24O5S/c1-3-21-17(18)11-6-13-4-7-14(8-5-13)15-9-10-16(12-15)22-23(2,19)20/h4-5,7-8,15-16H,3,6,9-12H2,1-2H3/t15-,16+/m0/s1. The number of aryl methyl sites for hydroxylation is 1. The normalized spacial score (nSPS) is 21.3. The number of ether oxygens (including phenoxy) is 1. The fourth-order valence-corrected chi connectivity index (χ4v) is 3.68. The van der Waals surface area contributed by atoms with Gasteiger partial charge in [0.25, 0.3) is 10.1 Å². The Balaban J connectivity index is 1.87. The maximum Gasteiger partial charge on any atom is 0.306 e. The van der Waals surface area contributed by atoms with Crippen LogP contribution in [0.1, 0.15) is 49.7 Å². The molecule has 1 aromatic carbocycles.